The first kappa shape index (κ1) is 9.45. The normalized spacial score (nSPS) is 9.87. The second kappa shape index (κ2) is 4.41. The molecule has 0 bridgehead atoms. The summed E-state index contributed by atoms with van der Waals surface area (Å²) in [4.78, 5) is 14.4. The van der Waals surface area contributed by atoms with Gasteiger partial charge < -0.3 is 9.88 Å². The van der Waals surface area contributed by atoms with E-state index < -0.39 is 0 Å². The van der Waals surface area contributed by atoms with Crippen molar-refractivity contribution in [1.82, 2.24) is 9.55 Å². The van der Waals surface area contributed by atoms with Gasteiger partial charge in [-0.2, -0.15) is 0 Å². The summed E-state index contributed by atoms with van der Waals surface area (Å²) in [6.07, 6.45) is 6.05. The molecule has 0 saturated heterocycles. The summed E-state index contributed by atoms with van der Waals surface area (Å²) in [6.45, 7) is 0.705. The summed E-state index contributed by atoms with van der Waals surface area (Å²) >= 11 is 0. The molecule has 0 aliphatic rings. The van der Waals surface area contributed by atoms with Crippen molar-refractivity contribution in [2.24, 2.45) is 0 Å². The van der Waals surface area contributed by atoms with Crippen molar-refractivity contribution in [3.8, 4) is 0 Å². The highest BCUT2D eigenvalue weighted by Gasteiger charge is 2.00. The smallest absolute Gasteiger partial charge is 0.211 e. The maximum absolute atomic E-state index is 10.4. The molecule has 4 heteroatoms. The minimum atomic E-state index is 0.687. The molecule has 1 aromatic heterocycles. The highest BCUT2D eigenvalue weighted by molar-refractivity contribution is 5.73. The molecule has 2 aromatic rings. The summed E-state index contributed by atoms with van der Waals surface area (Å²) in [6, 6.07) is 7.69. The van der Waals surface area contributed by atoms with Gasteiger partial charge in [0.05, 0.1) is 12.9 Å². The molecule has 1 N–H and O–H groups in total. The Labute approximate surface area is 87.6 Å². The van der Waals surface area contributed by atoms with Gasteiger partial charge in [-0.3, -0.25) is 4.79 Å². The van der Waals surface area contributed by atoms with E-state index >= 15 is 0 Å². The van der Waals surface area contributed by atoms with Gasteiger partial charge in [-0.25, -0.2) is 4.98 Å². The van der Waals surface area contributed by atoms with Crippen molar-refractivity contribution >= 4 is 12.1 Å². The Bertz CT molecular complexity index is 437. The molecule has 0 aliphatic heterocycles. The predicted octanol–water partition coefficient (Wildman–Crippen LogP) is 1.50. The zero-order chi connectivity index (χ0) is 10.5. The summed E-state index contributed by atoms with van der Waals surface area (Å²) in [7, 11) is 0. The van der Waals surface area contributed by atoms with Crippen molar-refractivity contribution in [3.05, 3.63) is 48.5 Å². The molecule has 1 aromatic carbocycles. The van der Waals surface area contributed by atoms with E-state index in [1.807, 2.05) is 35.0 Å². The second-order valence-electron chi connectivity index (χ2n) is 3.15. The number of hydrogen-bond donors (Lipinski definition) is 1. The van der Waals surface area contributed by atoms with Crippen molar-refractivity contribution < 1.29 is 4.79 Å². The number of anilines is 1. The van der Waals surface area contributed by atoms with Crippen LogP contribution >= 0.6 is 0 Å². The van der Waals surface area contributed by atoms with Gasteiger partial charge in [-0.1, -0.05) is 18.2 Å². The molecule has 1 heterocycles. The van der Waals surface area contributed by atoms with Gasteiger partial charge in [0.1, 0.15) is 0 Å². The van der Waals surface area contributed by atoms with Crippen LogP contribution in [0.4, 0.5) is 5.69 Å². The summed E-state index contributed by atoms with van der Waals surface area (Å²) < 4.78 is 1.95. The minimum absolute atomic E-state index is 0.687. The minimum Gasteiger partial charge on any atom is -0.333 e. The zero-order valence-electron chi connectivity index (χ0n) is 8.13. The van der Waals surface area contributed by atoms with E-state index in [1.165, 1.54) is 0 Å². The number of nitrogens with zero attached hydrogens (tertiary/aromatic N) is 2. The molecule has 0 aliphatic carbocycles. The lowest BCUT2D eigenvalue weighted by atomic mass is 10.2. The monoisotopic (exact) mass is 201 g/mol. The topological polar surface area (TPSA) is 46.9 Å². The number of hydrogen-bond acceptors (Lipinski definition) is 2. The van der Waals surface area contributed by atoms with Crippen LogP contribution in [0.2, 0.25) is 0 Å². The van der Waals surface area contributed by atoms with Gasteiger partial charge in [0.15, 0.2) is 0 Å². The molecule has 2 rings (SSSR count). The molecular formula is C11H11N3O. The number of aromatic nitrogens is 2. The zero-order valence-corrected chi connectivity index (χ0v) is 8.13. The Morgan fingerprint density at radius 1 is 1.40 bits per heavy atom. The second-order valence-corrected chi connectivity index (χ2v) is 3.15. The third-order valence-corrected chi connectivity index (χ3v) is 2.14. The van der Waals surface area contributed by atoms with Crippen LogP contribution in [0.25, 0.3) is 0 Å². The Morgan fingerprint density at radius 3 is 3.00 bits per heavy atom. The first-order valence-electron chi connectivity index (χ1n) is 4.64. The molecular weight excluding hydrogens is 190 g/mol. The van der Waals surface area contributed by atoms with Crippen LogP contribution in [0.5, 0.6) is 0 Å². The fourth-order valence-electron chi connectivity index (χ4n) is 1.44. The fraction of sp³-hybridized carbons (Fsp3) is 0.0909. The number of carbonyl (C=O) groups excluding carboxylic acids is 1. The first-order valence-corrected chi connectivity index (χ1v) is 4.64. The van der Waals surface area contributed by atoms with E-state index in [4.69, 9.17) is 0 Å². The van der Waals surface area contributed by atoms with Gasteiger partial charge >= 0.3 is 0 Å². The summed E-state index contributed by atoms with van der Waals surface area (Å²) in [5.41, 5.74) is 1.89. The average Bonchev–Trinajstić information content (AvgIpc) is 2.74. The molecule has 0 saturated carbocycles. The van der Waals surface area contributed by atoms with E-state index in [0.29, 0.717) is 13.0 Å². The molecule has 4 nitrogen and oxygen atoms in total. The third-order valence-electron chi connectivity index (χ3n) is 2.14. The summed E-state index contributed by atoms with van der Waals surface area (Å²) in [5, 5.41) is 2.67. The number of benzene rings is 1. The van der Waals surface area contributed by atoms with Crippen LogP contribution in [0, 0.1) is 0 Å². The van der Waals surface area contributed by atoms with Gasteiger partial charge in [-0.05, 0) is 11.6 Å². The highest BCUT2D eigenvalue weighted by atomic mass is 16.1. The van der Waals surface area contributed by atoms with E-state index in [9.17, 15) is 4.79 Å². The maximum Gasteiger partial charge on any atom is 0.211 e. The van der Waals surface area contributed by atoms with Crippen molar-refractivity contribution in [3.63, 3.8) is 0 Å². The van der Waals surface area contributed by atoms with Gasteiger partial charge in [-0.15, -0.1) is 0 Å². The Kier molecular flexibility index (Phi) is 2.78. The number of carbonyl (C=O) groups is 1. The van der Waals surface area contributed by atoms with Gasteiger partial charge in [0.2, 0.25) is 6.41 Å². The predicted molar refractivity (Wildman–Crippen MR) is 57.5 cm³/mol. The van der Waals surface area contributed by atoms with Crippen molar-refractivity contribution in [1.29, 1.82) is 0 Å². The van der Waals surface area contributed by atoms with Gasteiger partial charge in [0.25, 0.3) is 0 Å². The Balaban J connectivity index is 2.23. The summed E-state index contributed by atoms with van der Waals surface area (Å²) in [5.74, 6) is 0. The molecule has 1 amide bonds. The number of para-hydroxylation sites is 1. The van der Waals surface area contributed by atoms with Crippen LogP contribution in [0.1, 0.15) is 5.56 Å². The largest absolute Gasteiger partial charge is 0.333 e. The number of rotatable bonds is 4. The quantitative estimate of drug-likeness (QED) is 0.762. The molecule has 0 spiro atoms. The van der Waals surface area contributed by atoms with Gasteiger partial charge in [0, 0.05) is 18.1 Å². The van der Waals surface area contributed by atoms with Crippen LogP contribution in [0.3, 0.4) is 0 Å². The molecule has 0 atom stereocenters. The highest BCUT2D eigenvalue weighted by Crippen LogP contribution is 2.15. The van der Waals surface area contributed by atoms with Crippen LogP contribution < -0.4 is 5.32 Å². The first-order chi connectivity index (χ1) is 7.40. The number of nitrogens with one attached hydrogen (secondary N) is 1. The maximum atomic E-state index is 10.4. The SMILES string of the molecule is O=CNc1ccccc1Cn1ccnc1. The van der Waals surface area contributed by atoms with E-state index in [2.05, 4.69) is 10.3 Å². The molecule has 0 radical (unpaired) electrons. The number of imidazole rings is 1. The molecule has 0 fully saturated rings. The Hall–Kier alpha value is -2.10. The third kappa shape index (κ3) is 2.22. The fourth-order valence-corrected chi connectivity index (χ4v) is 1.44. The van der Waals surface area contributed by atoms with Crippen LogP contribution in [-0.2, 0) is 11.3 Å². The number of amides is 1. The Morgan fingerprint density at radius 2 is 2.27 bits per heavy atom. The molecule has 15 heavy (non-hydrogen) atoms. The molecule has 0 unspecified atom stereocenters. The van der Waals surface area contributed by atoms with Crippen LogP contribution in [-0.4, -0.2) is 16.0 Å². The van der Waals surface area contributed by atoms with Crippen LogP contribution in [0.15, 0.2) is 43.0 Å². The lowest BCUT2D eigenvalue weighted by Gasteiger charge is -2.08. The average molecular weight is 201 g/mol. The van der Waals surface area contributed by atoms with E-state index in [-0.39, 0.29) is 0 Å². The lowest BCUT2D eigenvalue weighted by molar-refractivity contribution is -0.105. The lowest BCUT2D eigenvalue weighted by Crippen LogP contribution is -2.02. The van der Waals surface area contributed by atoms with E-state index in [1.54, 1.807) is 12.5 Å². The van der Waals surface area contributed by atoms with Crippen molar-refractivity contribution in [2.45, 2.75) is 6.54 Å². The standard InChI is InChI=1S/C11H11N3O/c15-9-13-11-4-2-1-3-10(11)7-14-6-5-12-8-14/h1-6,8-9H,7H2,(H,13,15). The molecule has 76 valence electrons. The van der Waals surface area contributed by atoms with Crippen molar-refractivity contribution in [2.75, 3.05) is 5.32 Å². The van der Waals surface area contributed by atoms with E-state index in [0.717, 1.165) is 11.3 Å².